The Bertz CT molecular complexity index is 839. The summed E-state index contributed by atoms with van der Waals surface area (Å²) in [5.41, 5.74) is 5.50. The molecule has 0 bridgehead atoms. The number of H-pyrrole nitrogens is 1. The third kappa shape index (κ3) is 1.73. The second-order valence-corrected chi connectivity index (χ2v) is 3.85. The van der Waals surface area contributed by atoms with Crippen LogP contribution < -0.4 is 11.3 Å². The van der Waals surface area contributed by atoms with Crippen LogP contribution in [-0.2, 0) is 0 Å². The predicted molar refractivity (Wildman–Crippen MR) is 63.4 cm³/mol. The Balaban J connectivity index is 2.25. The van der Waals surface area contributed by atoms with Crippen molar-refractivity contribution in [3.05, 3.63) is 46.3 Å². The van der Waals surface area contributed by atoms with E-state index in [-0.39, 0.29) is 23.0 Å². The molecule has 96 valence electrons. The molecule has 3 rings (SSSR count). The third-order valence-corrected chi connectivity index (χ3v) is 2.63. The molecule has 6 nitrogen and oxygen atoms in total. The second-order valence-electron chi connectivity index (χ2n) is 3.85. The monoisotopic (exact) mass is 263 g/mol. The van der Waals surface area contributed by atoms with Crippen LogP contribution in [0, 0.1) is 11.6 Å². The first-order valence-corrected chi connectivity index (χ1v) is 5.25. The number of aromatic amines is 1. The van der Waals surface area contributed by atoms with Crippen molar-refractivity contribution in [3.63, 3.8) is 0 Å². The van der Waals surface area contributed by atoms with Crippen molar-refractivity contribution >= 4 is 11.7 Å². The van der Waals surface area contributed by atoms with E-state index >= 15 is 0 Å². The summed E-state index contributed by atoms with van der Waals surface area (Å²) in [7, 11) is 0. The molecule has 0 aliphatic heterocycles. The molecule has 3 N–H and O–H groups in total. The number of rotatable bonds is 1. The van der Waals surface area contributed by atoms with Crippen LogP contribution in [0.4, 0.5) is 14.7 Å². The van der Waals surface area contributed by atoms with Crippen molar-refractivity contribution in [3.8, 4) is 11.3 Å². The Hall–Kier alpha value is -2.77. The number of nitrogens with zero attached hydrogens (tertiary/aromatic N) is 3. The zero-order valence-electron chi connectivity index (χ0n) is 9.39. The average molecular weight is 263 g/mol. The summed E-state index contributed by atoms with van der Waals surface area (Å²) < 4.78 is 27.1. The van der Waals surface area contributed by atoms with Crippen molar-refractivity contribution in [2.75, 3.05) is 5.73 Å². The highest BCUT2D eigenvalue weighted by molar-refractivity contribution is 5.61. The molecule has 0 saturated carbocycles. The molecule has 0 radical (unpaired) electrons. The van der Waals surface area contributed by atoms with Gasteiger partial charge in [-0.15, -0.1) is 5.10 Å². The fourth-order valence-corrected chi connectivity index (χ4v) is 1.74. The van der Waals surface area contributed by atoms with Crippen LogP contribution in [0.15, 0.2) is 29.1 Å². The zero-order valence-corrected chi connectivity index (χ0v) is 9.39. The van der Waals surface area contributed by atoms with Crippen LogP contribution in [0.5, 0.6) is 0 Å². The minimum atomic E-state index is -1.01. The molecule has 8 heteroatoms. The summed E-state index contributed by atoms with van der Waals surface area (Å²) >= 11 is 0. The molecular weight excluding hydrogens is 256 g/mol. The highest BCUT2D eigenvalue weighted by Crippen LogP contribution is 2.19. The van der Waals surface area contributed by atoms with Gasteiger partial charge in [0.05, 0.1) is 5.69 Å². The first-order chi connectivity index (χ1) is 9.06. The van der Waals surface area contributed by atoms with E-state index in [1.54, 1.807) is 0 Å². The Morgan fingerprint density at radius 2 is 2.00 bits per heavy atom. The Kier molecular flexibility index (Phi) is 2.31. The number of nitrogens with two attached hydrogens (primary N) is 1. The van der Waals surface area contributed by atoms with E-state index in [0.717, 1.165) is 16.5 Å². The van der Waals surface area contributed by atoms with E-state index in [2.05, 4.69) is 15.2 Å². The number of nitrogen functional groups attached to an aromatic ring is 1. The van der Waals surface area contributed by atoms with Gasteiger partial charge < -0.3 is 5.73 Å². The molecule has 2 aromatic heterocycles. The molecule has 0 aliphatic carbocycles. The lowest BCUT2D eigenvalue weighted by Crippen LogP contribution is -2.15. The maximum absolute atomic E-state index is 13.2. The molecule has 0 saturated heterocycles. The summed E-state index contributed by atoms with van der Waals surface area (Å²) in [6, 6.07) is 4.44. The van der Waals surface area contributed by atoms with Crippen LogP contribution in [0.1, 0.15) is 0 Å². The lowest BCUT2D eigenvalue weighted by molar-refractivity contribution is 0.509. The standard InChI is InChI=1S/C11H7F2N5O/c12-6-2-1-5(3-7(6)13)8-4-9(19)18-10(14)16-17-11(18)15-8/h1-4H,(H2,14,16)(H,15,17). The van der Waals surface area contributed by atoms with Gasteiger partial charge in [-0.2, -0.15) is 0 Å². The number of hydrogen-bond acceptors (Lipinski definition) is 4. The van der Waals surface area contributed by atoms with Gasteiger partial charge in [-0.05, 0) is 18.2 Å². The lowest BCUT2D eigenvalue weighted by Gasteiger charge is -2.01. The molecule has 0 aliphatic rings. The maximum Gasteiger partial charge on any atom is 0.262 e. The molecule has 1 aromatic carbocycles. The van der Waals surface area contributed by atoms with E-state index in [9.17, 15) is 13.6 Å². The highest BCUT2D eigenvalue weighted by Gasteiger charge is 2.10. The van der Waals surface area contributed by atoms with E-state index in [4.69, 9.17) is 5.73 Å². The van der Waals surface area contributed by atoms with Crippen LogP contribution in [0.25, 0.3) is 17.0 Å². The van der Waals surface area contributed by atoms with Gasteiger partial charge in [0.25, 0.3) is 5.56 Å². The summed E-state index contributed by atoms with van der Waals surface area (Å²) in [5, 5.41) is 6.12. The van der Waals surface area contributed by atoms with Crippen LogP contribution in [0.2, 0.25) is 0 Å². The van der Waals surface area contributed by atoms with Crippen molar-refractivity contribution in [2.45, 2.75) is 0 Å². The smallest absolute Gasteiger partial charge is 0.262 e. The molecular formula is C11H7F2N5O. The summed E-state index contributed by atoms with van der Waals surface area (Å²) in [4.78, 5) is 15.9. The van der Waals surface area contributed by atoms with Gasteiger partial charge in [0.15, 0.2) is 11.6 Å². The molecule has 0 unspecified atom stereocenters. The third-order valence-electron chi connectivity index (χ3n) is 2.63. The van der Waals surface area contributed by atoms with Gasteiger partial charge >= 0.3 is 0 Å². The van der Waals surface area contributed by atoms with Crippen molar-refractivity contribution in [2.24, 2.45) is 0 Å². The van der Waals surface area contributed by atoms with Gasteiger partial charge in [-0.25, -0.2) is 23.3 Å². The fourth-order valence-electron chi connectivity index (χ4n) is 1.74. The van der Waals surface area contributed by atoms with E-state index < -0.39 is 17.2 Å². The van der Waals surface area contributed by atoms with Gasteiger partial charge in [-0.3, -0.25) is 4.79 Å². The Morgan fingerprint density at radius 1 is 1.21 bits per heavy atom. The molecule has 3 aromatic rings. The quantitative estimate of drug-likeness (QED) is 0.684. The van der Waals surface area contributed by atoms with E-state index in [0.29, 0.717) is 0 Å². The summed E-state index contributed by atoms with van der Waals surface area (Å²) in [6.07, 6.45) is 0. The predicted octanol–water partition coefficient (Wildman–Crippen LogP) is 0.945. The van der Waals surface area contributed by atoms with Crippen LogP contribution in [-0.4, -0.2) is 19.6 Å². The minimum absolute atomic E-state index is 0.0238. The topological polar surface area (TPSA) is 89.1 Å². The number of halogens is 2. The average Bonchev–Trinajstić information content (AvgIpc) is 2.75. The van der Waals surface area contributed by atoms with Crippen molar-refractivity contribution in [1.29, 1.82) is 0 Å². The highest BCUT2D eigenvalue weighted by atomic mass is 19.2. The minimum Gasteiger partial charge on any atom is -0.368 e. The van der Waals surface area contributed by atoms with Gasteiger partial charge in [0.2, 0.25) is 11.7 Å². The normalized spacial score (nSPS) is 11.1. The van der Waals surface area contributed by atoms with Crippen LogP contribution in [0.3, 0.4) is 0 Å². The lowest BCUT2D eigenvalue weighted by atomic mass is 10.1. The van der Waals surface area contributed by atoms with Gasteiger partial charge in [-0.1, -0.05) is 0 Å². The van der Waals surface area contributed by atoms with Gasteiger partial charge in [0.1, 0.15) is 0 Å². The number of aromatic nitrogens is 4. The first kappa shape index (κ1) is 11.3. The molecule has 0 spiro atoms. The molecule has 0 fully saturated rings. The molecule has 2 heterocycles. The van der Waals surface area contributed by atoms with Crippen molar-refractivity contribution in [1.82, 2.24) is 19.6 Å². The largest absolute Gasteiger partial charge is 0.368 e. The fraction of sp³-hybridized carbons (Fsp3) is 0. The maximum atomic E-state index is 13.2. The number of nitrogens with one attached hydrogen (secondary N) is 1. The Morgan fingerprint density at radius 3 is 2.74 bits per heavy atom. The number of fused-ring (bicyclic) bond motifs is 1. The first-order valence-electron chi connectivity index (χ1n) is 5.25. The van der Waals surface area contributed by atoms with Crippen LogP contribution >= 0.6 is 0 Å². The van der Waals surface area contributed by atoms with E-state index in [1.165, 1.54) is 12.1 Å². The second kappa shape index (κ2) is 3.87. The summed E-state index contributed by atoms with van der Waals surface area (Å²) in [5.74, 6) is -1.87. The van der Waals surface area contributed by atoms with E-state index in [1.807, 2.05) is 0 Å². The zero-order chi connectivity index (χ0) is 13.6. The number of hydrogen-bond donors (Lipinski definition) is 2. The summed E-state index contributed by atoms with van der Waals surface area (Å²) in [6.45, 7) is 0. The number of anilines is 1. The van der Waals surface area contributed by atoms with Crippen molar-refractivity contribution < 1.29 is 8.78 Å². The SMILES string of the molecule is Nc1n[nH]c2nc(-c3ccc(F)c(F)c3)cc(=O)n12. The molecule has 19 heavy (non-hydrogen) atoms. The Labute approximate surface area is 104 Å². The van der Waals surface area contributed by atoms with Gasteiger partial charge in [0, 0.05) is 11.6 Å². The molecule has 0 amide bonds. The number of benzene rings is 1. The molecule has 0 atom stereocenters.